The summed E-state index contributed by atoms with van der Waals surface area (Å²) in [6.45, 7) is 9.41. The van der Waals surface area contributed by atoms with Gasteiger partial charge in [0.05, 0.1) is 5.92 Å². The lowest BCUT2D eigenvalue weighted by Crippen LogP contribution is -2.56. The topological polar surface area (TPSA) is 78.5 Å². The van der Waals surface area contributed by atoms with Gasteiger partial charge in [-0.1, -0.05) is 25.5 Å². The van der Waals surface area contributed by atoms with Crippen LogP contribution in [0.25, 0.3) is 0 Å². The number of imide groups is 1. The summed E-state index contributed by atoms with van der Waals surface area (Å²) in [5, 5.41) is 5.03. The van der Waals surface area contributed by atoms with Crippen LogP contribution in [0.5, 0.6) is 0 Å². The number of allylic oxidation sites excluding steroid dienone is 2. The van der Waals surface area contributed by atoms with Crippen molar-refractivity contribution in [3.63, 3.8) is 0 Å². The second kappa shape index (κ2) is 5.08. The number of amides is 4. The second-order valence-corrected chi connectivity index (χ2v) is 7.88. The second-order valence-electron chi connectivity index (χ2n) is 7.88. The van der Waals surface area contributed by atoms with Gasteiger partial charge in [-0.15, -0.1) is 0 Å². The molecule has 0 aromatic rings. The van der Waals surface area contributed by atoms with Gasteiger partial charge < -0.3 is 10.2 Å². The number of hydrogen-bond donors (Lipinski definition) is 2. The van der Waals surface area contributed by atoms with Gasteiger partial charge in [-0.3, -0.25) is 14.9 Å². The Labute approximate surface area is 136 Å². The van der Waals surface area contributed by atoms with Gasteiger partial charge in [0.2, 0.25) is 5.91 Å². The summed E-state index contributed by atoms with van der Waals surface area (Å²) in [5.74, 6) is 0.240. The van der Waals surface area contributed by atoms with Gasteiger partial charge in [0, 0.05) is 13.1 Å². The Morgan fingerprint density at radius 2 is 1.83 bits per heavy atom. The number of urea groups is 1. The van der Waals surface area contributed by atoms with E-state index < -0.39 is 11.6 Å². The Morgan fingerprint density at radius 1 is 1.22 bits per heavy atom. The zero-order valence-corrected chi connectivity index (χ0v) is 14.2. The molecule has 1 spiro atoms. The van der Waals surface area contributed by atoms with Crippen LogP contribution in [0.3, 0.4) is 0 Å². The largest absolute Gasteiger partial charge is 0.342 e. The molecule has 0 bridgehead atoms. The van der Waals surface area contributed by atoms with Gasteiger partial charge in [-0.2, -0.15) is 0 Å². The van der Waals surface area contributed by atoms with Gasteiger partial charge in [0.15, 0.2) is 0 Å². The fourth-order valence-electron chi connectivity index (χ4n) is 4.01. The lowest BCUT2D eigenvalue weighted by molar-refractivity contribution is -0.137. The Bertz CT molecular complexity index is 596. The van der Waals surface area contributed by atoms with E-state index in [0.29, 0.717) is 31.8 Å². The molecule has 3 fully saturated rings. The number of likely N-dealkylation sites (tertiary alicyclic amines) is 1. The maximum absolute atomic E-state index is 12.8. The summed E-state index contributed by atoms with van der Waals surface area (Å²) >= 11 is 0. The summed E-state index contributed by atoms with van der Waals surface area (Å²) in [6.07, 6.45) is 3.16. The van der Waals surface area contributed by atoms with Crippen LogP contribution >= 0.6 is 0 Å². The van der Waals surface area contributed by atoms with Crippen LogP contribution < -0.4 is 10.6 Å². The molecule has 2 N–H and O–H groups in total. The average molecular weight is 319 g/mol. The van der Waals surface area contributed by atoms with Gasteiger partial charge >= 0.3 is 6.03 Å². The Kier molecular flexibility index (Phi) is 3.54. The third-order valence-corrected chi connectivity index (χ3v) is 5.63. The van der Waals surface area contributed by atoms with Gasteiger partial charge in [-0.05, 0) is 38.0 Å². The van der Waals surface area contributed by atoms with Gasteiger partial charge in [0.25, 0.3) is 5.91 Å². The number of hydrogen-bond acceptors (Lipinski definition) is 3. The molecule has 1 saturated carbocycles. The van der Waals surface area contributed by atoms with Crippen LogP contribution in [0.4, 0.5) is 4.79 Å². The van der Waals surface area contributed by atoms with E-state index in [9.17, 15) is 14.4 Å². The molecule has 3 rings (SSSR count). The monoisotopic (exact) mass is 319 g/mol. The maximum Gasteiger partial charge on any atom is 0.322 e. The summed E-state index contributed by atoms with van der Waals surface area (Å²) in [5.41, 5.74) is 0.426. The third kappa shape index (κ3) is 2.54. The summed E-state index contributed by atoms with van der Waals surface area (Å²) in [7, 11) is 0. The van der Waals surface area contributed by atoms with E-state index in [4.69, 9.17) is 0 Å². The van der Waals surface area contributed by atoms with E-state index in [0.717, 1.165) is 0 Å². The highest BCUT2D eigenvalue weighted by Gasteiger charge is 2.61. The average Bonchev–Trinajstić information content (AvgIpc) is 2.85. The molecule has 0 unspecified atom stereocenters. The first kappa shape index (κ1) is 16.0. The Balaban J connectivity index is 1.65. The van der Waals surface area contributed by atoms with E-state index in [1.165, 1.54) is 5.57 Å². The van der Waals surface area contributed by atoms with Crippen molar-refractivity contribution in [1.82, 2.24) is 15.5 Å². The molecule has 6 heteroatoms. The molecular weight excluding hydrogens is 294 g/mol. The lowest BCUT2D eigenvalue weighted by Gasteiger charge is -2.37. The molecular formula is C17H25N3O3. The van der Waals surface area contributed by atoms with Gasteiger partial charge in [-0.25, -0.2) is 4.79 Å². The minimum absolute atomic E-state index is 0.00242. The Morgan fingerprint density at radius 3 is 2.30 bits per heavy atom. The highest BCUT2D eigenvalue weighted by molar-refractivity contribution is 6.07. The SMILES string of the molecule is CC(C)=C[C@H]1[C@@H](C(=O)N2CCC3(CC2)NC(=O)NC3=O)C1(C)C. The number of carbonyl (C=O) groups is 3. The molecule has 2 atom stereocenters. The standard InChI is InChI=1S/C17H25N3O3/c1-10(2)9-11-12(16(11,3)4)13(21)20-7-5-17(6-8-20)14(22)18-15(23)19-17/h9,11-12H,5-8H2,1-4H3,(H2,18,19,22,23)/t11-,12-/m0/s1. The highest BCUT2D eigenvalue weighted by atomic mass is 16.2. The van der Waals surface area contributed by atoms with E-state index in [-0.39, 0.29) is 23.1 Å². The zero-order chi connectivity index (χ0) is 17.0. The first-order chi connectivity index (χ1) is 10.7. The predicted octanol–water partition coefficient (Wildman–Crippen LogP) is 1.43. The maximum atomic E-state index is 12.8. The molecule has 1 aliphatic carbocycles. The van der Waals surface area contributed by atoms with E-state index in [1.54, 1.807) is 0 Å². The summed E-state index contributed by atoms with van der Waals surface area (Å²) in [4.78, 5) is 38.0. The molecule has 23 heavy (non-hydrogen) atoms. The van der Waals surface area contributed by atoms with Crippen molar-refractivity contribution in [2.75, 3.05) is 13.1 Å². The zero-order valence-electron chi connectivity index (χ0n) is 14.2. The smallest absolute Gasteiger partial charge is 0.322 e. The molecule has 4 amide bonds. The van der Waals surface area contributed by atoms with E-state index in [1.807, 2.05) is 4.90 Å². The van der Waals surface area contributed by atoms with Crippen molar-refractivity contribution in [2.45, 2.75) is 46.1 Å². The molecule has 2 heterocycles. The molecule has 6 nitrogen and oxygen atoms in total. The van der Waals surface area contributed by atoms with Crippen LogP contribution in [0.15, 0.2) is 11.6 Å². The van der Waals surface area contributed by atoms with Crippen molar-refractivity contribution < 1.29 is 14.4 Å². The molecule has 2 saturated heterocycles. The van der Waals surface area contributed by atoms with E-state index in [2.05, 4.69) is 44.4 Å². The van der Waals surface area contributed by atoms with Crippen molar-refractivity contribution in [3.05, 3.63) is 11.6 Å². The first-order valence-corrected chi connectivity index (χ1v) is 8.25. The van der Waals surface area contributed by atoms with Crippen molar-refractivity contribution in [2.24, 2.45) is 17.3 Å². The molecule has 0 aromatic heterocycles. The predicted molar refractivity (Wildman–Crippen MR) is 85.4 cm³/mol. The number of nitrogens with zero attached hydrogens (tertiary/aromatic N) is 1. The van der Waals surface area contributed by atoms with E-state index >= 15 is 0 Å². The molecule has 3 aliphatic rings. The normalized spacial score (nSPS) is 30.7. The minimum Gasteiger partial charge on any atom is -0.342 e. The molecule has 0 radical (unpaired) electrons. The fourth-order valence-corrected chi connectivity index (χ4v) is 4.01. The van der Waals surface area contributed by atoms with Crippen LogP contribution in [0.2, 0.25) is 0 Å². The molecule has 2 aliphatic heterocycles. The third-order valence-electron chi connectivity index (χ3n) is 5.63. The highest BCUT2D eigenvalue weighted by Crippen LogP contribution is 2.60. The minimum atomic E-state index is -0.813. The van der Waals surface area contributed by atoms with Crippen LogP contribution in [0.1, 0.15) is 40.5 Å². The van der Waals surface area contributed by atoms with Crippen molar-refractivity contribution in [3.8, 4) is 0 Å². The van der Waals surface area contributed by atoms with Crippen molar-refractivity contribution >= 4 is 17.8 Å². The van der Waals surface area contributed by atoms with Crippen LogP contribution in [-0.4, -0.2) is 41.4 Å². The molecule has 0 aromatic carbocycles. The number of rotatable bonds is 2. The summed E-state index contributed by atoms with van der Waals surface area (Å²) in [6, 6.07) is -0.429. The first-order valence-electron chi connectivity index (χ1n) is 8.25. The summed E-state index contributed by atoms with van der Waals surface area (Å²) < 4.78 is 0. The lowest BCUT2D eigenvalue weighted by atomic mass is 9.87. The van der Waals surface area contributed by atoms with Crippen molar-refractivity contribution in [1.29, 1.82) is 0 Å². The number of piperidine rings is 1. The van der Waals surface area contributed by atoms with Gasteiger partial charge in [0.1, 0.15) is 5.54 Å². The number of nitrogens with one attached hydrogen (secondary N) is 2. The Hall–Kier alpha value is -1.85. The molecule has 126 valence electrons. The van der Waals surface area contributed by atoms with Crippen LogP contribution in [-0.2, 0) is 9.59 Å². The quantitative estimate of drug-likeness (QED) is 0.597. The fraction of sp³-hybridized carbons (Fsp3) is 0.706. The van der Waals surface area contributed by atoms with Crippen LogP contribution in [0, 0.1) is 17.3 Å². The number of carbonyl (C=O) groups excluding carboxylic acids is 3.